The number of carbonyl (C=O) groups is 1. The second kappa shape index (κ2) is 7.79. The van der Waals surface area contributed by atoms with Crippen molar-refractivity contribution in [3.05, 3.63) is 71.7 Å². The Kier molecular flexibility index (Phi) is 5.03. The minimum Gasteiger partial charge on any atom is -0.383 e. The Morgan fingerprint density at radius 2 is 2.03 bits per heavy atom. The summed E-state index contributed by atoms with van der Waals surface area (Å²) >= 11 is 0. The number of nitrogens with one attached hydrogen (secondary N) is 4. The van der Waals surface area contributed by atoms with Crippen molar-refractivity contribution in [2.75, 3.05) is 5.32 Å². The number of H-pyrrole nitrogens is 1. The smallest absolute Gasteiger partial charge is 0.320 e. The van der Waals surface area contributed by atoms with Crippen molar-refractivity contribution >= 4 is 28.3 Å². The van der Waals surface area contributed by atoms with Gasteiger partial charge in [0, 0.05) is 35.0 Å². The molecule has 2 atom stereocenters. The van der Waals surface area contributed by atoms with Gasteiger partial charge in [-0.05, 0) is 32.4 Å². The van der Waals surface area contributed by atoms with E-state index in [9.17, 15) is 4.79 Å². The van der Waals surface area contributed by atoms with Gasteiger partial charge in [0.15, 0.2) is 0 Å². The number of fused-ring (bicyclic) bond motifs is 1. The number of carbonyl (C=O) groups excluding carboxylic acids is 1. The summed E-state index contributed by atoms with van der Waals surface area (Å²) in [6.45, 7) is 6.07. The Balaban J connectivity index is 1.49. The van der Waals surface area contributed by atoms with Crippen molar-refractivity contribution in [3.63, 3.8) is 0 Å². The van der Waals surface area contributed by atoms with Crippen LogP contribution < -0.4 is 16.0 Å². The van der Waals surface area contributed by atoms with Crippen LogP contribution in [0, 0.1) is 0 Å². The fraction of sp³-hybridized carbons (Fsp3) is 0.227. The maximum absolute atomic E-state index is 12.3. The van der Waals surface area contributed by atoms with Crippen LogP contribution >= 0.6 is 0 Å². The number of nitrogens with zero attached hydrogens (tertiary/aromatic N) is 2. The monoisotopic (exact) mass is 388 g/mol. The van der Waals surface area contributed by atoms with E-state index in [2.05, 4.69) is 50.2 Å². The van der Waals surface area contributed by atoms with Gasteiger partial charge in [0.2, 0.25) is 0 Å². The maximum Gasteiger partial charge on any atom is 0.320 e. The number of pyridine rings is 1. The quantitative estimate of drug-likeness (QED) is 0.541. The molecule has 29 heavy (non-hydrogen) atoms. The van der Waals surface area contributed by atoms with Gasteiger partial charge in [-0.3, -0.25) is 10.4 Å². The summed E-state index contributed by atoms with van der Waals surface area (Å²) in [5.74, 6) is 0.463. The van der Waals surface area contributed by atoms with E-state index in [1.165, 1.54) is 0 Å². The highest BCUT2D eigenvalue weighted by molar-refractivity contribution is 5.96. The van der Waals surface area contributed by atoms with E-state index < -0.39 is 0 Å². The number of urea groups is 1. The summed E-state index contributed by atoms with van der Waals surface area (Å²) in [6.07, 6.45) is 5.94. The number of amides is 2. The zero-order valence-electron chi connectivity index (χ0n) is 16.7. The van der Waals surface area contributed by atoms with Crippen molar-refractivity contribution in [2.24, 2.45) is 0 Å². The molecule has 7 heteroatoms. The fourth-order valence-corrected chi connectivity index (χ4v) is 3.52. The molecule has 2 amide bonds. The van der Waals surface area contributed by atoms with Gasteiger partial charge in [-0.2, -0.15) is 5.10 Å². The van der Waals surface area contributed by atoms with E-state index in [0.717, 1.165) is 33.4 Å². The van der Waals surface area contributed by atoms with Crippen LogP contribution in [-0.2, 0) is 0 Å². The second-order valence-corrected chi connectivity index (χ2v) is 7.30. The minimum atomic E-state index is -0.304. The highest BCUT2D eigenvalue weighted by atomic mass is 16.2. The van der Waals surface area contributed by atoms with Gasteiger partial charge in [0.1, 0.15) is 11.5 Å². The lowest BCUT2D eigenvalue weighted by Crippen LogP contribution is -2.31. The third-order valence-electron chi connectivity index (χ3n) is 4.87. The van der Waals surface area contributed by atoms with E-state index in [1.807, 2.05) is 44.2 Å². The molecule has 0 bridgehead atoms. The molecular formula is C22H24N6O. The number of aromatic nitrogens is 3. The van der Waals surface area contributed by atoms with E-state index in [-0.39, 0.29) is 18.1 Å². The Morgan fingerprint density at radius 1 is 1.24 bits per heavy atom. The molecule has 148 valence electrons. The molecule has 0 saturated heterocycles. The molecule has 1 unspecified atom stereocenters. The van der Waals surface area contributed by atoms with Crippen LogP contribution in [0.3, 0.4) is 0 Å². The first kappa shape index (κ1) is 18.7. The van der Waals surface area contributed by atoms with E-state index in [4.69, 9.17) is 0 Å². The van der Waals surface area contributed by atoms with Gasteiger partial charge in [0.25, 0.3) is 0 Å². The molecule has 0 radical (unpaired) electrons. The van der Waals surface area contributed by atoms with E-state index >= 15 is 0 Å². The molecule has 0 saturated carbocycles. The molecule has 7 nitrogen and oxygen atoms in total. The lowest BCUT2D eigenvalue weighted by Gasteiger charge is -2.18. The van der Waals surface area contributed by atoms with Crippen LogP contribution in [0.2, 0.25) is 0 Å². The van der Waals surface area contributed by atoms with Crippen LogP contribution in [0.15, 0.2) is 60.4 Å². The number of hydrogen-bond donors (Lipinski definition) is 4. The lowest BCUT2D eigenvalue weighted by atomic mass is 10.0. The van der Waals surface area contributed by atoms with Gasteiger partial charge in [-0.15, -0.1) is 0 Å². The molecular weight excluding hydrogens is 364 g/mol. The first-order chi connectivity index (χ1) is 14.0. The average Bonchev–Trinajstić information content (AvgIpc) is 3.11. The number of dihydropyridines is 1. The first-order valence-electron chi connectivity index (χ1n) is 9.63. The third kappa shape index (κ3) is 4.13. The van der Waals surface area contributed by atoms with Gasteiger partial charge in [-0.1, -0.05) is 36.4 Å². The summed E-state index contributed by atoms with van der Waals surface area (Å²) in [6, 6.07) is 11.4. The second-order valence-electron chi connectivity index (χ2n) is 7.30. The Labute approximate surface area is 169 Å². The van der Waals surface area contributed by atoms with Gasteiger partial charge in [0.05, 0.1) is 11.6 Å². The van der Waals surface area contributed by atoms with Crippen molar-refractivity contribution in [2.45, 2.75) is 32.9 Å². The minimum absolute atomic E-state index is 0.109. The van der Waals surface area contributed by atoms with Gasteiger partial charge in [-0.25, -0.2) is 9.78 Å². The number of aromatic amines is 1. The number of hydrogen-bond acceptors (Lipinski definition) is 4. The number of rotatable bonds is 4. The fourth-order valence-electron chi connectivity index (χ4n) is 3.52. The van der Waals surface area contributed by atoms with Crippen LogP contribution in [-0.4, -0.2) is 27.3 Å². The van der Waals surface area contributed by atoms with Gasteiger partial charge < -0.3 is 10.6 Å². The predicted molar refractivity (Wildman–Crippen MR) is 115 cm³/mol. The summed E-state index contributed by atoms with van der Waals surface area (Å²) in [5, 5.41) is 17.5. The van der Waals surface area contributed by atoms with Gasteiger partial charge >= 0.3 is 6.03 Å². The van der Waals surface area contributed by atoms with Crippen molar-refractivity contribution < 1.29 is 4.79 Å². The third-order valence-corrected chi connectivity index (χ3v) is 4.87. The standard InChI is InChI=1S/C22H24N6O/c1-13-9-17(10-14(2)24-13)21-18-12-23-20(11-19(18)27-28-21)26-22(29)25-15(3)16-7-5-4-6-8-16/h4-13,15,24H,1-3H3,(H,27,28)(H2,23,25,26,29)/t13?,15-/m1/s1. The summed E-state index contributed by atoms with van der Waals surface area (Å²) in [5.41, 5.74) is 4.86. The highest BCUT2D eigenvalue weighted by Crippen LogP contribution is 2.27. The zero-order valence-corrected chi connectivity index (χ0v) is 16.7. The van der Waals surface area contributed by atoms with Crippen molar-refractivity contribution in [1.82, 2.24) is 25.8 Å². The van der Waals surface area contributed by atoms with Crippen LogP contribution in [0.5, 0.6) is 0 Å². The Bertz CT molecular complexity index is 1100. The highest BCUT2D eigenvalue weighted by Gasteiger charge is 2.16. The van der Waals surface area contributed by atoms with E-state index in [0.29, 0.717) is 5.82 Å². The van der Waals surface area contributed by atoms with Crippen molar-refractivity contribution in [3.8, 4) is 0 Å². The molecule has 1 aliphatic rings. The molecule has 1 aliphatic heterocycles. The lowest BCUT2D eigenvalue weighted by molar-refractivity contribution is 0.249. The van der Waals surface area contributed by atoms with Crippen LogP contribution in [0.1, 0.15) is 38.1 Å². The number of anilines is 1. The predicted octanol–water partition coefficient (Wildman–Crippen LogP) is 4.12. The molecule has 0 aliphatic carbocycles. The Morgan fingerprint density at radius 3 is 2.79 bits per heavy atom. The average molecular weight is 388 g/mol. The molecule has 3 aromatic rings. The largest absolute Gasteiger partial charge is 0.383 e. The van der Waals surface area contributed by atoms with Crippen LogP contribution in [0.25, 0.3) is 16.5 Å². The topological polar surface area (TPSA) is 94.7 Å². The summed E-state index contributed by atoms with van der Waals surface area (Å²) in [4.78, 5) is 16.7. The molecule has 0 fully saturated rings. The normalized spacial score (nSPS) is 17.1. The molecule has 4 rings (SSSR count). The molecule has 1 aromatic carbocycles. The molecule has 0 spiro atoms. The maximum atomic E-state index is 12.3. The zero-order chi connectivity index (χ0) is 20.4. The summed E-state index contributed by atoms with van der Waals surface area (Å²) in [7, 11) is 0. The summed E-state index contributed by atoms with van der Waals surface area (Å²) < 4.78 is 0. The SMILES string of the molecule is CC1=CC(c2n[nH]c3cc(NC(=O)N[C@H](C)c4ccccc4)ncc23)=CC(C)N1. The molecule has 2 aromatic heterocycles. The Hall–Kier alpha value is -3.61. The molecule has 3 heterocycles. The molecule has 4 N–H and O–H groups in total. The number of benzene rings is 1. The number of allylic oxidation sites excluding steroid dienone is 3. The first-order valence-corrected chi connectivity index (χ1v) is 9.63. The van der Waals surface area contributed by atoms with Crippen molar-refractivity contribution in [1.29, 1.82) is 0 Å². The van der Waals surface area contributed by atoms with E-state index in [1.54, 1.807) is 12.3 Å². The van der Waals surface area contributed by atoms with Crippen LogP contribution in [0.4, 0.5) is 10.6 Å².